The van der Waals surface area contributed by atoms with Gasteiger partial charge in [0.2, 0.25) is 0 Å². The van der Waals surface area contributed by atoms with Crippen LogP contribution in [0.3, 0.4) is 0 Å². The Kier molecular flexibility index (Phi) is 9.80. The number of rotatable bonds is 8. The molecule has 0 aliphatic carbocycles. The number of nitrogens with zero attached hydrogens (tertiary/aromatic N) is 1. The zero-order chi connectivity index (χ0) is 20.2. The van der Waals surface area contributed by atoms with Crippen molar-refractivity contribution in [1.82, 2.24) is 0 Å². The van der Waals surface area contributed by atoms with Crippen molar-refractivity contribution in [1.29, 1.82) is 0 Å². The first-order valence-electron chi connectivity index (χ1n) is 9.20. The number of aryl methyl sites for hydroxylation is 2. The fourth-order valence-corrected chi connectivity index (χ4v) is 2.44. The molecule has 0 aliphatic rings. The molecule has 0 fully saturated rings. The zero-order valence-corrected chi connectivity index (χ0v) is 17.5. The van der Waals surface area contributed by atoms with Gasteiger partial charge in [0.1, 0.15) is 43.3 Å². The molecule has 1 aromatic carbocycles. The Morgan fingerprint density at radius 2 is 1.78 bits per heavy atom. The Bertz CT molecular complexity index is 736. The molecule has 1 aromatic heterocycles. The van der Waals surface area contributed by atoms with E-state index in [9.17, 15) is 0 Å². The van der Waals surface area contributed by atoms with Crippen molar-refractivity contribution in [2.45, 2.75) is 48.1 Å². The van der Waals surface area contributed by atoms with Gasteiger partial charge in [-0.25, -0.2) is 0 Å². The Morgan fingerprint density at radius 3 is 2.37 bits per heavy atom. The molecule has 0 saturated heterocycles. The van der Waals surface area contributed by atoms with Crippen molar-refractivity contribution >= 4 is 5.71 Å². The van der Waals surface area contributed by atoms with Crippen LogP contribution < -0.4 is 9.47 Å². The largest absolute Gasteiger partial charge is 0.490 e. The molecule has 5 nitrogen and oxygen atoms in total. The quantitative estimate of drug-likeness (QED) is 0.332. The minimum Gasteiger partial charge on any atom is -0.490 e. The summed E-state index contributed by atoms with van der Waals surface area (Å²) in [4.78, 5) is 4.75. The van der Waals surface area contributed by atoms with E-state index in [0.717, 1.165) is 28.4 Å². The number of benzene rings is 1. The molecule has 27 heavy (non-hydrogen) atoms. The number of ether oxygens (including phenoxy) is 2. The number of hydrogen-bond donors (Lipinski definition) is 0. The molecular formula is C22H31NO4. The van der Waals surface area contributed by atoms with Crippen LogP contribution in [0, 0.1) is 13.8 Å². The van der Waals surface area contributed by atoms with E-state index in [1.165, 1.54) is 7.11 Å². The maximum Gasteiger partial charge on any atom is 0.151 e. The summed E-state index contributed by atoms with van der Waals surface area (Å²) in [6.07, 6.45) is 3.94. The summed E-state index contributed by atoms with van der Waals surface area (Å²) in [6.45, 7) is 12.7. The lowest BCUT2D eigenvalue weighted by molar-refractivity contribution is 0.212. The molecule has 0 aliphatic heterocycles. The molecule has 0 amide bonds. The van der Waals surface area contributed by atoms with Crippen molar-refractivity contribution in [2.24, 2.45) is 5.16 Å². The van der Waals surface area contributed by atoms with Gasteiger partial charge in [-0.15, -0.1) is 0 Å². The molecule has 0 spiro atoms. The summed E-state index contributed by atoms with van der Waals surface area (Å²) >= 11 is 0. The van der Waals surface area contributed by atoms with Crippen molar-refractivity contribution in [3.8, 4) is 11.5 Å². The summed E-state index contributed by atoms with van der Waals surface area (Å²) in [7, 11) is 1.51. The molecule has 5 heteroatoms. The number of hydrogen-bond acceptors (Lipinski definition) is 5. The Morgan fingerprint density at radius 1 is 1.11 bits per heavy atom. The van der Waals surface area contributed by atoms with Gasteiger partial charge in [-0.2, -0.15) is 0 Å². The molecule has 2 rings (SSSR count). The first-order chi connectivity index (χ1) is 13.0. The van der Waals surface area contributed by atoms with Gasteiger partial charge in [-0.3, -0.25) is 0 Å². The number of furan rings is 1. The van der Waals surface area contributed by atoms with E-state index < -0.39 is 0 Å². The third kappa shape index (κ3) is 6.85. The standard InChI is InChI=1S/C20H25NO4.C2H6/c1-6-7-10-23-18-11-14(2)20(15(3)12-18)24-13-17-8-9-19(25-17)16(4)21-22-5;1-2/h6-9,11-12H,10,13H2,1-5H3;1-2H3/b7-6+,21-16-;. The highest BCUT2D eigenvalue weighted by Gasteiger charge is 2.10. The number of allylic oxidation sites excluding steroid dienone is 1. The normalized spacial score (nSPS) is 11.1. The molecule has 0 unspecified atom stereocenters. The average molecular weight is 373 g/mol. The Labute approximate surface area is 162 Å². The van der Waals surface area contributed by atoms with E-state index in [1.54, 1.807) is 0 Å². The van der Waals surface area contributed by atoms with Crippen LogP contribution in [-0.4, -0.2) is 19.4 Å². The van der Waals surface area contributed by atoms with E-state index in [2.05, 4.69) is 5.16 Å². The van der Waals surface area contributed by atoms with Gasteiger partial charge in [0, 0.05) is 0 Å². The van der Waals surface area contributed by atoms with Gasteiger partial charge in [-0.1, -0.05) is 31.2 Å². The highest BCUT2D eigenvalue weighted by atomic mass is 16.6. The van der Waals surface area contributed by atoms with E-state index >= 15 is 0 Å². The van der Waals surface area contributed by atoms with Crippen LogP contribution in [0.25, 0.3) is 0 Å². The first kappa shape index (κ1) is 22.4. The van der Waals surface area contributed by atoms with Crippen molar-refractivity contribution in [3.63, 3.8) is 0 Å². The molecule has 2 aromatic rings. The van der Waals surface area contributed by atoms with Gasteiger partial charge in [0.05, 0.1) is 0 Å². The molecule has 0 radical (unpaired) electrons. The Balaban J connectivity index is 0.00000176. The van der Waals surface area contributed by atoms with Gasteiger partial charge in [0.25, 0.3) is 0 Å². The van der Waals surface area contributed by atoms with E-state index in [0.29, 0.717) is 24.7 Å². The lowest BCUT2D eigenvalue weighted by atomic mass is 10.1. The van der Waals surface area contributed by atoms with Gasteiger partial charge in [-0.05, 0) is 63.1 Å². The fourth-order valence-electron chi connectivity index (χ4n) is 2.44. The van der Waals surface area contributed by atoms with Gasteiger partial charge in [0.15, 0.2) is 5.76 Å². The fraction of sp³-hybridized carbons (Fsp3) is 0.409. The smallest absolute Gasteiger partial charge is 0.151 e. The highest BCUT2D eigenvalue weighted by molar-refractivity contribution is 5.95. The monoisotopic (exact) mass is 373 g/mol. The van der Waals surface area contributed by atoms with Crippen LogP contribution in [0.4, 0.5) is 0 Å². The van der Waals surface area contributed by atoms with Crippen molar-refractivity contribution in [2.75, 3.05) is 13.7 Å². The lowest BCUT2D eigenvalue weighted by Gasteiger charge is -2.13. The van der Waals surface area contributed by atoms with Crippen molar-refractivity contribution in [3.05, 3.63) is 59.1 Å². The summed E-state index contributed by atoms with van der Waals surface area (Å²) in [5.74, 6) is 3.08. The summed E-state index contributed by atoms with van der Waals surface area (Å²) < 4.78 is 17.4. The molecule has 0 saturated carbocycles. The molecule has 1 heterocycles. The topological polar surface area (TPSA) is 53.2 Å². The van der Waals surface area contributed by atoms with Crippen LogP contribution >= 0.6 is 0 Å². The zero-order valence-electron chi connectivity index (χ0n) is 17.5. The summed E-state index contributed by atoms with van der Waals surface area (Å²) in [6, 6.07) is 7.70. The van der Waals surface area contributed by atoms with Gasteiger partial charge < -0.3 is 18.7 Å². The second-order valence-corrected chi connectivity index (χ2v) is 5.68. The molecular weight excluding hydrogens is 342 g/mol. The third-order valence-electron chi connectivity index (χ3n) is 3.62. The summed E-state index contributed by atoms with van der Waals surface area (Å²) in [5.41, 5.74) is 2.74. The van der Waals surface area contributed by atoms with E-state index in [-0.39, 0.29) is 0 Å². The van der Waals surface area contributed by atoms with Crippen LogP contribution in [0.15, 0.2) is 46.0 Å². The van der Waals surface area contributed by atoms with Crippen molar-refractivity contribution < 1.29 is 18.7 Å². The molecule has 148 valence electrons. The predicted octanol–water partition coefficient (Wildman–Crippen LogP) is 5.83. The maximum atomic E-state index is 5.95. The van der Waals surface area contributed by atoms with Crippen LogP contribution in [0.1, 0.15) is 50.3 Å². The number of oxime groups is 1. The van der Waals surface area contributed by atoms with Crippen LogP contribution in [0.2, 0.25) is 0 Å². The van der Waals surface area contributed by atoms with Gasteiger partial charge >= 0.3 is 0 Å². The second kappa shape index (κ2) is 11.8. The first-order valence-corrected chi connectivity index (χ1v) is 9.20. The summed E-state index contributed by atoms with van der Waals surface area (Å²) in [5, 5.41) is 3.86. The van der Waals surface area contributed by atoms with Crippen LogP contribution in [-0.2, 0) is 11.4 Å². The Hall–Kier alpha value is -2.69. The average Bonchev–Trinajstić information content (AvgIpc) is 3.12. The minimum absolute atomic E-state index is 0.348. The molecule has 0 N–H and O–H groups in total. The molecule has 0 bridgehead atoms. The van der Waals surface area contributed by atoms with Crippen LogP contribution in [0.5, 0.6) is 11.5 Å². The molecule has 0 atom stereocenters. The highest BCUT2D eigenvalue weighted by Crippen LogP contribution is 2.29. The van der Waals surface area contributed by atoms with E-state index in [4.69, 9.17) is 18.7 Å². The van der Waals surface area contributed by atoms with E-state index in [1.807, 2.05) is 78.0 Å². The third-order valence-corrected chi connectivity index (χ3v) is 3.62. The maximum absolute atomic E-state index is 5.95. The predicted molar refractivity (Wildman–Crippen MR) is 110 cm³/mol. The lowest BCUT2D eigenvalue weighted by Crippen LogP contribution is -2.00. The second-order valence-electron chi connectivity index (χ2n) is 5.68. The minimum atomic E-state index is 0.348. The SMILES string of the molecule is C/C=C/COc1cc(C)c(OCc2ccc(/C(C)=N\OC)o2)c(C)c1.CC.